The summed E-state index contributed by atoms with van der Waals surface area (Å²) < 4.78 is 0. The van der Waals surface area contributed by atoms with Gasteiger partial charge in [-0.2, -0.15) is 0 Å². The maximum atomic E-state index is 12.5. The van der Waals surface area contributed by atoms with Crippen LogP contribution < -0.4 is 0 Å². The zero-order valence-corrected chi connectivity index (χ0v) is 14.6. The summed E-state index contributed by atoms with van der Waals surface area (Å²) in [6.45, 7) is 0. The van der Waals surface area contributed by atoms with E-state index in [9.17, 15) is 4.79 Å². The van der Waals surface area contributed by atoms with Crippen molar-refractivity contribution < 1.29 is 4.79 Å². The summed E-state index contributed by atoms with van der Waals surface area (Å²) in [5, 5.41) is 0. The topological polar surface area (TPSA) is 17.1 Å². The van der Waals surface area contributed by atoms with Gasteiger partial charge in [-0.3, -0.25) is 4.79 Å². The Morgan fingerprint density at radius 1 is 0.692 bits per heavy atom. The molecule has 0 radical (unpaired) electrons. The molecule has 0 saturated heterocycles. The third-order valence-corrected chi connectivity index (χ3v) is 4.82. The van der Waals surface area contributed by atoms with Crippen LogP contribution in [0, 0.1) is 0 Å². The van der Waals surface area contributed by atoms with Crippen molar-refractivity contribution in [1.82, 2.24) is 0 Å². The number of hydrogen-bond donors (Lipinski definition) is 0. The number of carbonyl (C=O) groups excluding carboxylic acids is 1. The van der Waals surface area contributed by atoms with Crippen molar-refractivity contribution in [2.45, 2.75) is 12.8 Å². The number of fused-ring (bicyclic) bond motifs is 1. The molecule has 0 amide bonds. The zero-order valence-electron chi connectivity index (χ0n) is 14.6. The summed E-state index contributed by atoms with van der Waals surface area (Å²) in [5.74, 6) is 0.223. The summed E-state index contributed by atoms with van der Waals surface area (Å²) in [4.78, 5) is 12.5. The molecule has 126 valence electrons. The third kappa shape index (κ3) is 3.29. The minimum atomic E-state index is 0.223. The first-order valence-electron chi connectivity index (χ1n) is 8.97. The first kappa shape index (κ1) is 16.3. The first-order chi connectivity index (χ1) is 12.8. The Kier molecular flexibility index (Phi) is 4.61. The highest BCUT2D eigenvalue weighted by Gasteiger charge is 2.20. The van der Waals surface area contributed by atoms with Crippen LogP contribution in [0.5, 0.6) is 0 Å². The normalized spacial score (nSPS) is 14.8. The van der Waals surface area contributed by atoms with E-state index in [0.29, 0.717) is 6.42 Å². The fraction of sp³-hybridized carbons (Fsp3) is 0.0800. The summed E-state index contributed by atoms with van der Waals surface area (Å²) >= 11 is 0. The van der Waals surface area contributed by atoms with Crippen LogP contribution in [0.4, 0.5) is 0 Å². The molecular formula is C25H20O. The van der Waals surface area contributed by atoms with Gasteiger partial charge in [-0.25, -0.2) is 0 Å². The van der Waals surface area contributed by atoms with Crippen LogP contribution in [-0.2, 0) is 11.2 Å². The van der Waals surface area contributed by atoms with E-state index in [4.69, 9.17) is 0 Å². The number of rotatable bonds is 3. The molecule has 1 aliphatic carbocycles. The highest BCUT2D eigenvalue weighted by atomic mass is 16.1. The molecule has 1 nitrogen and oxygen atoms in total. The van der Waals surface area contributed by atoms with Crippen molar-refractivity contribution in [3.05, 3.63) is 119 Å². The predicted octanol–water partition coefficient (Wildman–Crippen LogP) is 5.72. The molecule has 0 bridgehead atoms. The molecule has 1 aliphatic rings. The molecule has 0 aromatic heterocycles. The smallest absolute Gasteiger partial charge is 0.163 e. The Morgan fingerprint density at radius 3 is 1.92 bits per heavy atom. The molecule has 0 saturated carbocycles. The fourth-order valence-corrected chi connectivity index (χ4v) is 3.48. The van der Waals surface area contributed by atoms with Gasteiger partial charge < -0.3 is 0 Å². The zero-order chi connectivity index (χ0) is 17.8. The van der Waals surface area contributed by atoms with Crippen molar-refractivity contribution in [3.63, 3.8) is 0 Å². The number of ketones is 1. The lowest BCUT2D eigenvalue weighted by Crippen LogP contribution is -2.12. The molecule has 0 spiro atoms. The fourth-order valence-electron chi connectivity index (χ4n) is 3.48. The molecule has 0 heterocycles. The van der Waals surface area contributed by atoms with Gasteiger partial charge in [0.25, 0.3) is 0 Å². The van der Waals surface area contributed by atoms with Crippen molar-refractivity contribution in [1.29, 1.82) is 0 Å². The Hall–Kier alpha value is -3.19. The number of aryl methyl sites for hydroxylation is 1. The van der Waals surface area contributed by atoms with Gasteiger partial charge in [-0.05, 0) is 34.2 Å². The van der Waals surface area contributed by atoms with Crippen LogP contribution in [0.2, 0.25) is 0 Å². The maximum Gasteiger partial charge on any atom is 0.163 e. The molecule has 0 unspecified atom stereocenters. The molecular weight excluding hydrogens is 316 g/mol. The van der Waals surface area contributed by atoms with E-state index in [2.05, 4.69) is 42.5 Å². The number of benzene rings is 3. The van der Waals surface area contributed by atoms with Gasteiger partial charge in [0.15, 0.2) is 5.78 Å². The SMILES string of the molecule is O=C1CCc2ccccc2/C1=C/C=C(c1ccccc1)c1ccccc1. The quantitative estimate of drug-likeness (QED) is 0.559. The van der Waals surface area contributed by atoms with Gasteiger partial charge >= 0.3 is 0 Å². The predicted molar refractivity (Wildman–Crippen MR) is 108 cm³/mol. The summed E-state index contributed by atoms with van der Waals surface area (Å²) in [5.41, 5.74) is 6.55. The number of carbonyl (C=O) groups is 1. The Balaban J connectivity index is 1.83. The number of allylic oxidation sites excluding steroid dienone is 3. The minimum absolute atomic E-state index is 0.223. The second kappa shape index (κ2) is 7.37. The van der Waals surface area contributed by atoms with Crippen LogP contribution in [-0.4, -0.2) is 5.78 Å². The highest BCUT2D eigenvalue weighted by Crippen LogP contribution is 2.30. The second-order valence-electron chi connectivity index (χ2n) is 6.47. The minimum Gasteiger partial charge on any atom is -0.294 e. The Bertz CT molecular complexity index is 937. The van der Waals surface area contributed by atoms with Gasteiger partial charge in [0.2, 0.25) is 0 Å². The molecule has 0 aliphatic heterocycles. The average molecular weight is 336 g/mol. The lowest BCUT2D eigenvalue weighted by atomic mass is 9.86. The van der Waals surface area contributed by atoms with Crippen LogP contribution in [0.15, 0.2) is 97.1 Å². The molecule has 0 atom stereocenters. The largest absolute Gasteiger partial charge is 0.294 e. The van der Waals surface area contributed by atoms with Crippen molar-refractivity contribution in [2.24, 2.45) is 0 Å². The monoisotopic (exact) mass is 336 g/mol. The van der Waals surface area contributed by atoms with Gasteiger partial charge in [0.05, 0.1) is 0 Å². The van der Waals surface area contributed by atoms with Gasteiger partial charge in [-0.1, -0.05) is 97.1 Å². The second-order valence-corrected chi connectivity index (χ2v) is 6.47. The van der Waals surface area contributed by atoms with E-state index < -0.39 is 0 Å². The average Bonchev–Trinajstić information content (AvgIpc) is 2.71. The van der Waals surface area contributed by atoms with Crippen LogP contribution in [0.1, 0.15) is 28.7 Å². The van der Waals surface area contributed by atoms with Crippen molar-refractivity contribution in [3.8, 4) is 0 Å². The molecule has 3 aromatic carbocycles. The van der Waals surface area contributed by atoms with Crippen molar-refractivity contribution in [2.75, 3.05) is 0 Å². The Morgan fingerprint density at radius 2 is 1.27 bits per heavy atom. The van der Waals surface area contributed by atoms with E-state index >= 15 is 0 Å². The molecule has 4 rings (SSSR count). The van der Waals surface area contributed by atoms with E-state index in [1.54, 1.807) is 0 Å². The molecule has 0 fully saturated rings. The summed E-state index contributed by atoms with van der Waals surface area (Å²) in [6.07, 6.45) is 5.50. The Labute approximate surface area is 154 Å². The van der Waals surface area contributed by atoms with Gasteiger partial charge in [0, 0.05) is 12.0 Å². The van der Waals surface area contributed by atoms with Gasteiger partial charge in [-0.15, -0.1) is 0 Å². The number of Topliss-reactive ketones (excluding diaryl/α,β-unsaturated/α-hetero) is 1. The maximum absolute atomic E-state index is 12.5. The van der Waals surface area contributed by atoms with Crippen LogP contribution >= 0.6 is 0 Å². The summed E-state index contributed by atoms with van der Waals surface area (Å²) in [6, 6.07) is 28.8. The lowest BCUT2D eigenvalue weighted by Gasteiger charge is -2.17. The highest BCUT2D eigenvalue weighted by molar-refractivity contribution is 6.22. The van der Waals surface area contributed by atoms with E-state index in [1.807, 2.05) is 54.6 Å². The molecule has 26 heavy (non-hydrogen) atoms. The van der Waals surface area contributed by atoms with E-state index in [1.165, 1.54) is 5.56 Å². The standard InChI is InChI=1S/C25H20O/c26-25-18-15-21-13-7-8-14-23(21)24(25)17-16-22(19-9-3-1-4-10-19)20-11-5-2-6-12-20/h1-14,16-17H,15,18H2/b24-17-. The molecule has 0 N–H and O–H groups in total. The van der Waals surface area contributed by atoms with Gasteiger partial charge in [0.1, 0.15) is 0 Å². The molecule has 1 heteroatoms. The van der Waals surface area contributed by atoms with E-state index in [0.717, 1.165) is 34.3 Å². The first-order valence-corrected chi connectivity index (χ1v) is 8.97. The van der Waals surface area contributed by atoms with Crippen molar-refractivity contribution >= 4 is 16.9 Å². The van der Waals surface area contributed by atoms with Crippen LogP contribution in [0.25, 0.3) is 11.1 Å². The lowest BCUT2D eigenvalue weighted by molar-refractivity contribution is -0.113. The molecule has 3 aromatic rings. The summed E-state index contributed by atoms with van der Waals surface area (Å²) in [7, 11) is 0. The third-order valence-electron chi connectivity index (χ3n) is 4.82. The van der Waals surface area contributed by atoms with Crippen LogP contribution in [0.3, 0.4) is 0 Å². The number of hydrogen-bond acceptors (Lipinski definition) is 1. The van der Waals surface area contributed by atoms with E-state index in [-0.39, 0.29) is 5.78 Å².